The van der Waals surface area contributed by atoms with Gasteiger partial charge in [0.15, 0.2) is 6.10 Å². The fourth-order valence-electron chi connectivity index (χ4n) is 5.66. The standard InChI is InChI=1S/C31H43N3O5/c1-19-25(27(29(35)36)39-31(3,4)5)26(22-15-16-24-21(18-22)12-11-17-38-24)20(2)32-28(19)34-30(37)33-23-13-9-7-6-8-10-14-23/h15-16,18,23,27H,6-14,17H2,1-5H3,(H,35,36)(H2,32,33,34,37). The second kappa shape index (κ2) is 12.4. The van der Waals surface area contributed by atoms with E-state index in [0.717, 1.165) is 55.4 Å². The first-order valence-electron chi connectivity index (χ1n) is 14.3. The van der Waals surface area contributed by atoms with Crippen molar-refractivity contribution in [3.05, 3.63) is 40.6 Å². The number of anilines is 1. The molecule has 39 heavy (non-hydrogen) atoms. The highest BCUT2D eigenvalue weighted by Gasteiger charge is 2.33. The molecule has 1 aliphatic heterocycles. The molecule has 2 aromatic rings. The fourth-order valence-corrected chi connectivity index (χ4v) is 5.66. The quantitative estimate of drug-likeness (QED) is 0.371. The van der Waals surface area contributed by atoms with Gasteiger partial charge in [0.25, 0.3) is 0 Å². The third kappa shape index (κ3) is 7.29. The molecular formula is C31H43N3O5. The van der Waals surface area contributed by atoms with Gasteiger partial charge in [-0.3, -0.25) is 5.32 Å². The molecule has 0 radical (unpaired) electrons. The van der Waals surface area contributed by atoms with E-state index in [-0.39, 0.29) is 12.1 Å². The monoisotopic (exact) mass is 537 g/mol. The molecule has 0 spiro atoms. The summed E-state index contributed by atoms with van der Waals surface area (Å²) in [6.45, 7) is 9.86. The molecule has 1 atom stereocenters. The summed E-state index contributed by atoms with van der Waals surface area (Å²) < 4.78 is 11.9. The largest absolute Gasteiger partial charge is 0.493 e. The molecule has 3 N–H and O–H groups in total. The van der Waals surface area contributed by atoms with Gasteiger partial charge in [0.2, 0.25) is 0 Å². The van der Waals surface area contributed by atoms with Gasteiger partial charge in [0.1, 0.15) is 11.6 Å². The summed E-state index contributed by atoms with van der Waals surface area (Å²) in [4.78, 5) is 30.5. The summed E-state index contributed by atoms with van der Waals surface area (Å²) in [7, 11) is 0. The van der Waals surface area contributed by atoms with Crippen molar-refractivity contribution in [1.82, 2.24) is 10.3 Å². The van der Waals surface area contributed by atoms with E-state index >= 15 is 0 Å². The molecule has 8 heteroatoms. The number of pyridine rings is 1. The first-order chi connectivity index (χ1) is 18.5. The van der Waals surface area contributed by atoms with E-state index in [1.807, 2.05) is 39.8 Å². The van der Waals surface area contributed by atoms with Crippen LogP contribution in [-0.4, -0.2) is 40.3 Å². The Balaban J connectivity index is 1.74. The second-order valence-corrected chi connectivity index (χ2v) is 11.8. The maximum absolute atomic E-state index is 13.1. The van der Waals surface area contributed by atoms with Crippen LogP contribution < -0.4 is 15.4 Å². The molecule has 1 aromatic carbocycles. The van der Waals surface area contributed by atoms with Crippen LogP contribution in [0.3, 0.4) is 0 Å². The molecule has 2 amide bonds. The maximum atomic E-state index is 13.1. The van der Waals surface area contributed by atoms with Crippen LogP contribution in [0.15, 0.2) is 18.2 Å². The molecule has 1 saturated carbocycles. The lowest BCUT2D eigenvalue weighted by Gasteiger charge is -2.29. The molecule has 8 nitrogen and oxygen atoms in total. The lowest BCUT2D eigenvalue weighted by molar-refractivity contribution is -0.160. The van der Waals surface area contributed by atoms with Crippen LogP contribution in [-0.2, 0) is 16.0 Å². The summed E-state index contributed by atoms with van der Waals surface area (Å²) in [6.07, 6.45) is 8.38. The number of carboxylic acid groups (broad SMARTS) is 1. The topological polar surface area (TPSA) is 110 Å². The fraction of sp³-hybridized carbons (Fsp3) is 0.581. The summed E-state index contributed by atoms with van der Waals surface area (Å²) in [6, 6.07) is 5.76. The number of nitrogens with one attached hydrogen (secondary N) is 2. The van der Waals surface area contributed by atoms with Crippen LogP contribution in [0.25, 0.3) is 11.1 Å². The summed E-state index contributed by atoms with van der Waals surface area (Å²) in [5.41, 5.74) is 3.65. The van der Waals surface area contributed by atoms with Gasteiger partial charge in [-0.25, -0.2) is 14.6 Å². The van der Waals surface area contributed by atoms with Gasteiger partial charge in [0.05, 0.1) is 12.2 Å². The SMILES string of the molecule is Cc1nc(NC(=O)NC2CCCCCCC2)c(C)c(C(OC(C)(C)C)C(=O)O)c1-c1ccc2c(c1)CCCO2. The van der Waals surface area contributed by atoms with Gasteiger partial charge in [-0.2, -0.15) is 0 Å². The summed E-state index contributed by atoms with van der Waals surface area (Å²) >= 11 is 0. The number of carboxylic acids is 1. The zero-order valence-electron chi connectivity index (χ0n) is 24.0. The van der Waals surface area contributed by atoms with Crippen LogP contribution in [0.2, 0.25) is 0 Å². The Morgan fingerprint density at radius 1 is 1.08 bits per heavy atom. The van der Waals surface area contributed by atoms with E-state index in [0.29, 0.717) is 34.8 Å². The average molecular weight is 538 g/mol. The van der Waals surface area contributed by atoms with Crippen molar-refractivity contribution < 1.29 is 24.2 Å². The Labute approximate surface area is 231 Å². The highest BCUT2D eigenvalue weighted by atomic mass is 16.5. The minimum Gasteiger partial charge on any atom is -0.493 e. The zero-order valence-corrected chi connectivity index (χ0v) is 24.0. The number of hydrogen-bond donors (Lipinski definition) is 3. The maximum Gasteiger partial charge on any atom is 0.337 e. The number of nitrogens with zero attached hydrogens (tertiary/aromatic N) is 1. The summed E-state index contributed by atoms with van der Waals surface area (Å²) in [5, 5.41) is 16.4. The number of rotatable bonds is 6. The predicted octanol–water partition coefficient (Wildman–Crippen LogP) is 6.87. The number of benzene rings is 1. The lowest BCUT2D eigenvalue weighted by atomic mass is 9.89. The molecule has 1 fully saturated rings. The number of aliphatic carboxylic acids is 1. The van der Waals surface area contributed by atoms with Gasteiger partial charge >= 0.3 is 12.0 Å². The van der Waals surface area contributed by atoms with E-state index in [1.54, 1.807) is 6.92 Å². The van der Waals surface area contributed by atoms with Gasteiger partial charge in [-0.05, 0) is 89.1 Å². The Bertz CT molecular complexity index is 1200. The number of ether oxygens (including phenoxy) is 2. The predicted molar refractivity (Wildman–Crippen MR) is 152 cm³/mol. The lowest BCUT2D eigenvalue weighted by Crippen LogP contribution is -2.38. The van der Waals surface area contributed by atoms with Gasteiger partial charge < -0.3 is 19.9 Å². The van der Waals surface area contributed by atoms with Crippen molar-refractivity contribution in [2.24, 2.45) is 0 Å². The Morgan fingerprint density at radius 2 is 1.77 bits per heavy atom. The summed E-state index contributed by atoms with van der Waals surface area (Å²) in [5.74, 6) is 0.115. The number of aromatic nitrogens is 1. The van der Waals surface area contributed by atoms with Crippen molar-refractivity contribution in [2.75, 3.05) is 11.9 Å². The van der Waals surface area contributed by atoms with Crippen molar-refractivity contribution in [1.29, 1.82) is 0 Å². The highest BCUT2D eigenvalue weighted by molar-refractivity contribution is 5.91. The van der Waals surface area contributed by atoms with E-state index in [2.05, 4.69) is 16.7 Å². The molecule has 1 aliphatic carbocycles. The van der Waals surface area contributed by atoms with E-state index < -0.39 is 17.7 Å². The van der Waals surface area contributed by atoms with E-state index in [4.69, 9.17) is 14.5 Å². The molecular weight excluding hydrogens is 494 g/mol. The van der Waals surface area contributed by atoms with Crippen LogP contribution in [0.1, 0.15) is 101 Å². The third-order valence-corrected chi connectivity index (χ3v) is 7.50. The van der Waals surface area contributed by atoms with Crippen molar-refractivity contribution >= 4 is 17.8 Å². The Morgan fingerprint density at radius 3 is 2.44 bits per heavy atom. The molecule has 4 rings (SSSR count). The van der Waals surface area contributed by atoms with Crippen LogP contribution >= 0.6 is 0 Å². The van der Waals surface area contributed by atoms with Gasteiger partial charge in [-0.15, -0.1) is 0 Å². The Hall–Kier alpha value is -3.13. The minimum absolute atomic E-state index is 0.124. The number of carbonyl (C=O) groups excluding carboxylic acids is 1. The molecule has 0 saturated heterocycles. The number of carbonyl (C=O) groups is 2. The highest BCUT2D eigenvalue weighted by Crippen LogP contribution is 2.41. The van der Waals surface area contributed by atoms with Crippen molar-refractivity contribution in [3.8, 4) is 16.9 Å². The van der Waals surface area contributed by atoms with Crippen LogP contribution in [0, 0.1) is 13.8 Å². The molecule has 2 aliphatic rings. The average Bonchev–Trinajstić information content (AvgIpc) is 2.85. The zero-order chi connectivity index (χ0) is 28.2. The molecule has 1 unspecified atom stereocenters. The number of aryl methyl sites for hydroxylation is 2. The third-order valence-electron chi connectivity index (χ3n) is 7.50. The van der Waals surface area contributed by atoms with Gasteiger partial charge in [-0.1, -0.05) is 38.2 Å². The van der Waals surface area contributed by atoms with E-state index in [9.17, 15) is 14.7 Å². The van der Waals surface area contributed by atoms with Gasteiger partial charge in [0, 0.05) is 22.9 Å². The normalized spacial score (nSPS) is 17.3. The minimum atomic E-state index is -1.25. The van der Waals surface area contributed by atoms with Crippen LogP contribution in [0.4, 0.5) is 10.6 Å². The number of hydrogen-bond acceptors (Lipinski definition) is 5. The first kappa shape index (κ1) is 28.9. The van der Waals surface area contributed by atoms with Crippen molar-refractivity contribution in [2.45, 2.75) is 110 Å². The van der Waals surface area contributed by atoms with Crippen molar-refractivity contribution in [3.63, 3.8) is 0 Å². The molecule has 2 heterocycles. The molecule has 1 aromatic heterocycles. The van der Waals surface area contributed by atoms with Crippen LogP contribution in [0.5, 0.6) is 5.75 Å². The molecule has 0 bridgehead atoms. The molecule has 212 valence electrons. The smallest absolute Gasteiger partial charge is 0.337 e. The second-order valence-electron chi connectivity index (χ2n) is 11.8. The first-order valence-corrected chi connectivity index (χ1v) is 14.3. The van der Waals surface area contributed by atoms with E-state index in [1.165, 1.54) is 19.3 Å². The Kier molecular flexibility index (Phi) is 9.15. The number of fused-ring (bicyclic) bond motifs is 1. The number of urea groups is 1. The number of amides is 2.